The minimum absolute atomic E-state index is 0.0107. The first kappa shape index (κ1) is 32.5. The Balaban J connectivity index is 2.31. The summed E-state index contributed by atoms with van der Waals surface area (Å²) in [5, 5.41) is 27.2. The highest BCUT2D eigenvalue weighted by molar-refractivity contribution is 5.96. The Kier molecular flexibility index (Phi) is 12.0. The standard InChI is InChI=1S/C25H37N9O7/c1-12(35)20(27)23(39)34-18(10-19(26)36)22(38)33-17(9-13-11-31-15-6-3-2-5-14(13)15)21(37)32-16(24(40)41)7-4-8-30-25(28)29/h2-3,5-6,11-12,16-18,20,31,35H,4,7-10,27H2,1H3,(H2,26,36)(H,32,37)(H,33,38)(H,34,39)(H,40,41)(H4,28,29,30). The number of aliphatic imine (C=N–C) groups is 1. The van der Waals surface area contributed by atoms with Gasteiger partial charge in [-0.05, 0) is 31.4 Å². The van der Waals surface area contributed by atoms with Crippen LogP contribution >= 0.6 is 0 Å². The van der Waals surface area contributed by atoms with Gasteiger partial charge in [0, 0.05) is 30.1 Å². The predicted octanol–water partition coefficient (Wildman–Crippen LogP) is -3.11. The maximum atomic E-state index is 13.4. The third-order valence-electron chi connectivity index (χ3n) is 6.15. The molecule has 2 aromatic rings. The molecule has 16 heteroatoms. The van der Waals surface area contributed by atoms with E-state index in [2.05, 4.69) is 25.9 Å². The van der Waals surface area contributed by atoms with Crippen molar-refractivity contribution in [3.8, 4) is 0 Å². The number of amides is 4. The third kappa shape index (κ3) is 10.1. The lowest BCUT2D eigenvalue weighted by Gasteiger charge is -2.25. The molecule has 1 aromatic carbocycles. The molecule has 224 valence electrons. The molecule has 0 spiro atoms. The number of aromatic nitrogens is 1. The zero-order valence-electron chi connectivity index (χ0n) is 22.5. The Hall–Kier alpha value is -4.70. The first-order chi connectivity index (χ1) is 19.3. The molecular formula is C25H37N9O7. The van der Waals surface area contributed by atoms with Crippen LogP contribution in [0.3, 0.4) is 0 Å². The SMILES string of the molecule is CC(O)C(N)C(=O)NC(CC(N)=O)C(=O)NC(Cc1c[nH]c2ccccc12)C(=O)NC(CCCN=C(N)N)C(=O)O. The molecular weight excluding hydrogens is 538 g/mol. The maximum absolute atomic E-state index is 13.4. The van der Waals surface area contributed by atoms with Crippen LogP contribution < -0.4 is 38.9 Å². The van der Waals surface area contributed by atoms with Gasteiger partial charge in [-0.3, -0.25) is 24.2 Å². The van der Waals surface area contributed by atoms with Crippen molar-refractivity contribution in [2.45, 2.75) is 62.9 Å². The van der Waals surface area contributed by atoms with Crippen molar-refractivity contribution in [3.63, 3.8) is 0 Å². The summed E-state index contributed by atoms with van der Waals surface area (Å²) in [4.78, 5) is 69.3. The van der Waals surface area contributed by atoms with Gasteiger partial charge in [-0.25, -0.2) is 4.79 Å². The van der Waals surface area contributed by atoms with Crippen LogP contribution in [0.4, 0.5) is 0 Å². The van der Waals surface area contributed by atoms with Crippen LogP contribution in [-0.4, -0.2) is 87.6 Å². The number of nitrogens with one attached hydrogen (secondary N) is 4. The zero-order chi connectivity index (χ0) is 30.7. The molecule has 0 fully saturated rings. The quantitative estimate of drug-likeness (QED) is 0.0545. The van der Waals surface area contributed by atoms with Crippen LogP contribution in [0.15, 0.2) is 35.5 Å². The molecule has 2 rings (SSSR count). The number of nitrogens with two attached hydrogens (primary N) is 4. The summed E-state index contributed by atoms with van der Waals surface area (Å²) in [7, 11) is 0. The van der Waals surface area contributed by atoms with E-state index >= 15 is 0 Å². The Bertz CT molecular complexity index is 1270. The number of hydrogen-bond acceptors (Lipinski definition) is 8. The van der Waals surface area contributed by atoms with E-state index in [1.54, 1.807) is 18.3 Å². The predicted molar refractivity (Wildman–Crippen MR) is 149 cm³/mol. The Labute approximate surface area is 235 Å². The molecule has 0 bridgehead atoms. The number of aliphatic hydroxyl groups is 1. The Morgan fingerprint density at radius 2 is 1.56 bits per heavy atom. The van der Waals surface area contributed by atoms with Gasteiger partial charge in [0.05, 0.1) is 12.5 Å². The number of benzene rings is 1. The average Bonchev–Trinajstić information content (AvgIpc) is 3.31. The summed E-state index contributed by atoms with van der Waals surface area (Å²) < 4.78 is 0. The van der Waals surface area contributed by atoms with Crippen LogP contribution in [0.25, 0.3) is 10.9 Å². The van der Waals surface area contributed by atoms with Crippen molar-refractivity contribution in [1.29, 1.82) is 0 Å². The van der Waals surface area contributed by atoms with E-state index in [1.807, 2.05) is 12.1 Å². The van der Waals surface area contributed by atoms with Crippen LogP contribution in [0, 0.1) is 0 Å². The first-order valence-corrected chi connectivity index (χ1v) is 12.8. The molecule has 0 saturated carbocycles. The number of carboxylic acids is 1. The molecule has 4 amide bonds. The fourth-order valence-corrected chi connectivity index (χ4v) is 3.93. The minimum atomic E-state index is -1.53. The second-order valence-electron chi connectivity index (χ2n) is 9.47. The normalized spacial score (nSPS) is 14.6. The van der Waals surface area contributed by atoms with E-state index in [-0.39, 0.29) is 31.8 Å². The van der Waals surface area contributed by atoms with Crippen molar-refractivity contribution in [1.82, 2.24) is 20.9 Å². The van der Waals surface area contributed by atoms with Crippen molar-refractivity contribution in [2.75, 3.05) is 6.54 Å². The zero-order valence-corrected chi connectivity index (χ0v) is 22.5. The van der Waals surface area contributed by atoms with E-state index in [1.165, 1.54) is 6.92 Å². The fourth-order valence-electron chi connectivity index (χ4n) is 3.93. The number of carboxylic acid groups (broad SMARTS) is 1. The lowest BCUT2D eigenvalue weighted by molar-refractivity contribution is -0.142. The van der Waals surface area contributed by atoms with Crippen molar-refractivity contribution < 1.29 is 34.2 Å². The molecule has 41 heavy (non-hydrogen) atoms. The van der Waals surface area contributed by atoms with Crippen molar-refractivity contribution in [2.24, 2.45) is 27.9 Å². The van der Waals surface area contributed by atoms with Crippen LogP contribution in [-0.2, 0) is 30.4 Å². The monoisotopic (exact) mass is 575 g/mol. The molecule has 16 nitrogen and oxygen atoms in total. The average molecular weight is 576 g/mol. The molecule has 0 saturated heterocycles. The van der Waals surface area contributed by atoms with Gasteiger partial charge in [-0.2, -0.15) is 0 Å². The van der Waals surface area contributed by atoms with E-state index in [0.29, 0.717) is 5.56 Å². The van der Waals surface area contributed by atoms with Gasteiger partial charge in [-0.1, -0.05) is 18.2 Å². The number of fused-ring (bicyclic) bond motifs is 1. The number of carbonyl (C=O) groups is 5. The smallest absolute Gasteiger partial charge is 0.326 e. The second-order valence-corrected chi connectivity index (χ2v) is 9.47. The molecule has 0 aliphatic carbocycles. The highest BCUT2D eigenvalue weighted by Crippen LogP contribution is 2.19. The molecule has 0 aliphatic rings. The number of aliphatic hydroxyl groups excluding tert-OH is 1. The molecule has 1 aromatic heterocycles. The molecule has 1 heterocycles. The number of carbonyl (C=O) groups excluding carboxylic acids is 4. The van der Waals surface area contributed by atoms with Crippen molar-refractivity contribution in [3.05, 3.63) is 36.0 Å². The van der Waals surface area contributed by atoms with Gasteiger partial charge in [0.15, 0.2) is 5.96 Å². The van der Waals surface area contributed by atoms with Gasteiger partial charge in [0.2, 0.25) is 23.6 Å². The number of H-pyrrole nitrogens is 1. The molecule has 0 aliphatic heterocycles. The highest BCUT2D eigenvalue weighted by Gasteiger charge is 2.32. The third-order valence-corrected chi connectivity index (χ3v) is 6.15. The number of primary amides is 1. The van der Waals surface area contributed by atoms with Gasteiger partial charge < -0.3 is 54.1 Å². The fraction of sp³-hybridized carbons (Fsp3) is 0.440. The summed E-state index contributed by atoms with van der Waals surface area (Å²) in [6, 6.07) is 1.61. The van der Waals surface area contributed by atoms with E-state index < -0.39 is 66.3 Å². The number of para-hydroxylation sites is 1. The summed E-state index contributed by atoms with van der Waals surface area (Å²) in [6.07, 6.45) is -0.0903. The molecule has 5 atom stereocenters. The highest BCUT2D eigenvalue weighted by atomic mass is 16.4. The number of aromatic amines is 1. The lowest BCUT2D eigenvalue weighted by Crippen LogP contribution is -2.59. The number of guanidine groups is 1. The molecule has 14 N–H and O–H groups in total. The van der Waals surface area contributed by atoms with E-state index in [0.717, 1.165) is 10.9 Å². The van der Waals surface area contributed by atoms with E-state index in [4.69, 9.17) is 22.9 Å². The Morgan fingerprint density at radius 3 is 2.17 bits per heavy atom. The largest absolute Gasteiger partial charge is 0.480 e. The Morgan fingerprint density at radius 1 is 0.951 bits per heavy atom. The topological polar surface area (TPSA) is 294 Å². The number of hydrogen-bond donors (Lipinski definition) is 10. The number of nitrogens with zero attached hydrogens (tertiary/aromatic N) is 1. The molecule has 0 radical (unpaired) electrons. The molecule has 5 unspecified atom stereocenters. The van der Waals surface area contributed by atoms with Gasteiger partial charge >= 0.3 is 5.97 Å². The van der Waals surface area contributed by atoms with Crippen LogP contribution in [0.1, 0.15) is 31.7 Å². The maximum Gasteiger partial charge on any atom is 0.326 e. The van der Waals surface area contributed by atoms with E-state index in [9.17, 15) is 34.2 Å². The number of rotatable bonds is 16. The summed E-state index contributed by atoms with van der Waals surface area (Å²) in [5.74, 6) is -5.11. The summed E-state index contributed by atoms with van der Waals surface area (Å²) in [5.41, 5.74) is 22.8. The summed E-state index contributed by atoms with van der Waals surface area (Å²) in [6.45, 7) is 1.41. The summed E-state index contributed by atoms with van der Waals surface area (Å²) >= 11 is 0. The van der Waals surface area contributed by atoms with Gasteiger partial charge in [0.25, 0.3) is 0 Å². The number of aliphatic carboxylic acids is 1. The van der Waals surface area contributed by atoms with Crippen LogP contribution in [0.5, 0.6) is 0 Å². The minimum Gasteiger partial charge on any atom is -0.480 e. The second kappa shape index (κ2) is 15.2. The lowest BCUT2D eigenvalue weighted by atomic mass is 10.0. The van der Waals surface area contributed by atoms with Gasteiger partial charge in [-0.15, -0.1) is 0 Å². The van der Waals surface area contributed by atoms with Gasteiger partial charge in [0.1, 0.15) is 24.2 Å². The first-order valence-electron chi connectivity index (χ1n) is 12.8. The van der Waals surface area contributed by atoms with Crippen molar-refractivity contribution >= 4 is 46.5 Å². The van der Waals surface area contributed by atoms with Crippen LogP contribution in [0.2, 0.25) is 0 Å².